The number of nitrogens with zero attached hydrogens (tertiary/aromatic N) is 1. The van der Waals surface area contributed by atoms with Gasteiger partial charge >= 0.3 is 0 Å². The van der Waals surface area contributed by atoms with Gasteiger partial charge in [0.1, 0.15) is 0 Å². The molecule has 1 aromatic rings. The number of amides is 1. The molecule has 2 rings (SSSR count). The lowest BCUT2D eigenvalue weighted by molar-refractivity contribution is -0.117. The van der Waals surface area contributed by atoms with Crippen molar-refractivity contribution in [3.8, 4) is 0 Å². The van der Waals surface area contributed by atoms with Crippen molar-refractivity contribution >= 4 is 11.6 Å². The summed E-state index contributed by atoms with van der Waals surface area (Å²) in [7, 11) is 1.93. The summed E-state index contributed by atoms with van der Waals surface area (Å²) in [5.41, 5.74) is 3.47. The molecule has 0 saturated carbocycles. The number of nitrogens with one attached hydrogen (secondary N) is 2. The van der Waals surface area contributed by atoms with Gasteiger partial charge in [0.2, 0.25) is 5.91 Å². The molecule has 4 nitrogen and oxygen atoms in total. The number of anilines is 1. The van der Waals surface area contributed by atoms with Crippen LogP contribution in [0.1, 0.15) is 25.0 Å². The molecule has 2 N–H and O–H groups in total. The first kappa shape index (κ1) is 14.0. The second-order valence-corrected chi connectivity index (χ2v) is 5.32. The van der Waals surface area contributed by atoms with Gasteiger partial charge < -0.3 is 15.5 Å². The van der Waals surface area contributed by atoms with Crippen molar-refractivity contribution in [1.29, 1.82) is 0 Å². The van der Waals surface area contributed by atoms with Gasteiger partial charge in [-0.2, -0.15) is 0 Å². The second kappa shape index (κ2) is 6.17. The molecular weight excluding hydrogens is 238 g/mol. The highest BCUT2D eigenvalue weighted by Crippen LogP contribution is 2.29. The van der Waals surface area contributed by atoms with Crippen LogP contribution in [0, 0.1) is 0 Å². The molecule has 1 aliphatic heterocycles. The first-order valence-electron chi connectivity index (χ1n) is 6.92. The number of hydrogen-bond donors (Lipinski definition) is 2. The molecule has 0 unspecified atom stereocenters. The Morgan fingerprint density at radius 3 is 2.84 bits per heavy atom. The summed E-state index contributed by atoms with van der Waals surface area (Å²) in [6, 6.07) is 6.76. The molecule has 0 bridgehead atoms. The molecule has 0 saturated heterocycles. The predicted octanol–water partition coefficient (Wildman–Crippen LogP) is 1.29. The Hall–Kier alpha value is -1.39. The summed E-state index contributed by atoms with van der Waals surface area (Å²) in [5, 5.41) is 6.49. The van der Waals surface area contributed by atoms with Crippen LogP contribution in [0.4, 0.5) is 5.69 Å². The summed E-state index contributed by atoms with van der Waals surface area (Å²) in [6.45, 7) is 6.65. The van der Waals surface area contributed by atoms with Gasteiger partial charge in [-0.1, -0.05) is 26.0 Å². The van der Waals surface area contributed by atoms with Crippen LogP contribution < -0.4 is 15.5 Å². The minimum Gasteiger partial charge on any atom is -0.316 e. The van der Waals surface area contributed by atoms with Gasteiger partial charge in [-0.15, -0.1) is 0 Å². The van der Waals surface area contributed by atoms with Crippen LogP contribution >= 0.6 is 0 Å². The van der Waals surface area contributed by atoms with E-state index in [2.05, 4.69) is 42.7 Å². The fourth-order valence-corrected chi connectivity index (χ4v) is 2.46. The van der Waals surface area contributed by atoms with E-state index in [-0.39, 0.29) is 5.91 Å². The predicted molar refractivity (Wildman–Crippen MR) is 78.4 cm³/mol. The maximum atomic E-state index is 12.1. The van der Waals surface area contributed by atoms with Crippen LogP contribution in [0.3, 0.4) is 0 Å². The van der Waals surface area contributed by atoms with E-state index >= 15 is 0 Å². The Bertz CT molecular complexity index is 457. The molecule has 1 aliphatic rings. The number of carbonyl (C=O) groups is 1. The fraction of sp³-hybridized carbons (Fsp3) is 0.533. The molecule has 0 fully saturated rings. The minimum atomic E-state index is 0.210. The Kier molecular flexibility index (Phi) is 4.56. The van der Waals surface area contributed by atoms with Crippen molar-refractivity contribution in [2.24, 2.45) is 0 Å². The standard InChI is InChI=1S/C15H23N3O/c1-11(2)17-6-7-18-14-5-4-12(10-16-3)8-13(14)9-15(18)19/h4-5,8,11,16-17H,6-7,9-10H2,1-3H3. The molecule has 0 radical (unpaired) electrons. The van der Waals surface area contributed by atoms with Gasteiger partial charge in [-0.05, 0) is 24.2 Å². The first-order chi connectivity index (χ1) is 9.11. The highest BCUT2D eigenvalue weighted by Gasteiger charge is 2.26. The zero-order valence-corrected chi connectivity index (χ0v) is 12.0. The smallest absolute Gasteiger partial charge is 0.231 e. The highest BCUT2D eigenvalue weighted by atomic mass is 16.2. The van der Waals surface area contributed by atoms with Crippen LogP contribution in [0.2, 0.25) is 0 Å². The van der Waals surface area contributed by atoms with Gasteiger partial charge in [0.05, 0.1) is 6.42 Å². The van der Waals surface area contributed by atoms with E-state index in [1.165, 1.54) is 5.56 Å². The Balaban J connectivity index is 2.06. The topological polar surface area (TPSA) is 44.4 Å². The monoisotopic (exact) mass is 261 g/mol. The third kappa shape index (κ3) is 3.33. The Labute approximate surface area is 115 Å². The van der Waals surface area contributed by atoms with Crippen molar-refractivity contribution < 1.29 is 4.79 Å². The molecule has 1 amide bonds. The molecule has 0 atom stereocenters. The molecule has 0 aromatic heterocycles. The van der Waals surface area contributed by atoms with Crippen LogP contribution in [-0.2, 0) is 17.8 Å². The molecule has 1 heterocycles. The van der Waals surface area contributed by atoms with E-state index in [0.29, 0.717) is 12.5 Å². The molecule has 19 heavy (non-hydrogen) atoms. The summed E-state index contributed by atoms with van der Waals surface area (Å²) in [5.74, 6) is 0.210. The van der Waals surface area contributed by atoms with Gasteiger partial charge in [0, 0.05) is 31.4 Å². The average molecular weight is 261 g/mol. The van der Waals surface area contributed by atoms with E-state index in [9.17, 15) is 4.79 Å². The first-order valence-corrected chi connectivity index (χ1v) is 6.92. The number of fused-ring (bicyclic) bond motifs is 1. The second-order valence-electron chi connectivity index (χ2n) is 5.32. The van der Waals surface area contributed by atoms with E-state index in [1.54, 1.807) is 0 Å². The molecule has 104 valence electrons. The Morgan fingerprint density at radius 2 is 2.16 bits per heavy atom. The fourth-order valence-electron chi connectivity index (χ4n) is 2.46. The largest absolute Gasteiger partial charge is 0.316 e. The van der Waals surface area contributed by atoms with Crippen molar-refractivity contribution in [3.63, 3.8) is 0 Å². The minimum absolute atomic E-state index is 0.210. The lowest BCUT2D eigenvalue weighted by Crippen LogP contribution is -2.36. The van der Waals surface area contributed by atoms with Crippen LogP contribution in [0.15, 0.2) is 18.2 Å². The normalized spacial score (nSPS) is 14.3. The summed E-state index contributed by atoms with van der Waals surface area (Å²) < 4.78 is 0. The number of hydrogen-bond acceptors (Lipinski definition) is 3. The highest BCUT2D eigenvalue weighted by molar-refractivity contribution is 6.01. The molecule has 1 aromatic carbocycles. The summed E-state index contributed by atoms with van der Waals surface area (Å²) in [4.78, 5) is 14.0. The SMILES string of the molecule is CNCc1ccc2c(c1)CC(=O)N2CCNC(C)C. The van der Waals surface area contributed by atoms with Crippen molar-refractivity contribution in [3.05, 3.63) is 29.3 Å². The van der Waals surface area contributed by atoms with E-state index < -0.39 is 0 Å². The van der Waals surface area contributed by atoms with Crippen molar-refractivity contribution in [1.82, 2.24) is 10.6 Å². The zero-order valence-electron chi connectivity index (χ0n) is 12.0. The van der Waals surface area contributed by atoms with Gasteiger partial charge in [-0.25, -0.2) is 0 Å². The van der Waals surface area contributed by atoms with E-state index in [0.717, 1.165) is 30.9 Å². The molecule has 0 aliphatic carbocycles. The maximum absolute atomic E-state index is 12.1. The van der Waals surface area contributed by atoms with Crippen LogP contribution in [0.5, 0.6) is 0 Å². The van der Waals surface area contributed by atoms with Gasteiger partial charge in [0.15, 0.2) is 0 Å². The summed E-state index contributed by atoms with van der Waals surface area (Å²) in [6.07, 6.45) is 0.536. The van der Waals surface area contributed by atoms with Crippen molar-refractivity contribution in [2.45, 2.75) is 32.9 Å². The zero-order chi connectivity index (χ0) is 13.8. The third-order valence-electron chi connectivity index (χ3n) is 3.35. The molecule has 0 spiro atoms. The number of benzene rings is 1. The average Bonchev–Trinajstić information content (AvgIpc) is 2.65. The molecular formula is C15H23N3O. The maximum Gasteiger partial charge on any atom is 0.231 e. The number of carbonyl (C=O) groups excluding carboxylic acids is 1. The van der Waals surface area contributed by atoms with E-state index in [4.69, 9.17) is 0 Å². The number of rotatable bonds is 6. The lowest BCUT2D eigenvalue weighted by atomic mass is 10.1. The van der Waals surface area contributed by atoms with Gasteiger partial charge in [-0.3, -0.25) is 4.79 Å². The quantitative estimate of drug-likeness (QED) is 0.811. The van der Waals surface area contributed by atoms with Crippen molar-refractivity contribution in [2.75, 3.05) is 25.0 Å². The summed E-state index contributed by atoms with van der Waals surface area (Å²) >= 11 is 0. The van der Waals surface area contributed by atoms with Crippen LogP contribution in [0.25, 0.3) is 0 Å². The van der Waals surface area contributed by atoms with Gasteiger partial charge in [0.25, 0.3) is 0 Å². The Morgan fingerprint density at radius 1 is 1.37 bits per heavy atom. The van der Waals surface area contributed by atoms with E-state index in [1.807, 2.05) is 11.9 Å². The molecule has 4 heteroatoms. The third-order valence-corrected chi connectivity index (χ3v) is 3.35. The van der Waals surface area contributed by atoms with Crippen LogP contribution in [-0.4, -0.2) is 32.1 Å². The lowest BCUT2D eigenvalue weighted by Gasteiger charge is -2.19.